The molecule has 0 atom stereocenters. The number of hydrogen-bond donors (Lipinski definition) is 1. The van der Waals surface area contributed by atoms with E-state index in [4.69, 9.17) is 0 Å². The first-order valence-corrected chi connectivity index (χ1v) is 5.67. The number of halogens is 2. The maximum absolute atomic E-state index is 13.5. The fraction of sp³-hybridized carbons (Fsp3) is 0.143. The summed E-state index contributed by atoms with van der Waals surface area (Å²) >= 11 is 0. The molecule has 1 aromatic rings. The Morgan fingerprint density at radius 3 is 2.50 bits per heavy atom. The molecule has 0 saturated heterocycles. The van der Waals surface area contributed by atoms with Gasteiger partial charge in [0.25, 0.3) is 0 Å². The third kappa shape index (κ3) is 4.01. The van der Waals surface area contributed by atoms with Crippen LogP contribution in [0.5, 0.6) is 0 Å². The molecule has 0 saturated carbocycles. The summed E-state index contributed by atoms with van der Waals surface area (Å²) in [6.45, 7) is 1.77. The molecule has 4 nitrogen and oxygen atoms in total. The maximum atomic E-state index is 13.5. The highest BCUT2D eigenvalue weighted by Crippen LogP contribution is 2.20. The molecular weight excluding hydrogens is 268 g/mol. The van der Waals surface area contributed by atoms with Crippen LogP contribution in [-0.2, 0) is 9.53 Å². The van der Waals surface area contributed by atoms with Gasteiger partial charge in [-0.3, -0.25) is 4.79 Å². The average Bonchev–Trinajstić information content (AvgIpc) is 2.41. The van der Waals surface area contributed by atoms with Gasteiger partial charge in [0, 0.05) is 12.1 Å². The molecule has 0 bridgehead atoms. The smallest absolute Gasteiger partial charge is 0.340 e. The van der Waals surface area contributed by atoms with Crippen LogP contribution in [-0.4, -0.2) is 19.0 Å². The van der Waals surface area contributed by atoms with Crippen LogP contribution in [0.15, 0.2) is 36.4 Å². The summed E-state index contributed by atoms with van der Waals surface area (Å²) in [5.74, 6) is -3.60. The van der Waals surface area contributed by atoms with Crippen molar-refractivity contribution in [3.8, 4) is 0 Å². The largest absolute Gasteiger partial charge is 0.465 e. The average molecular weight is 281 g/mol. The van der Waals surface area contributed by atoms with Crippen LogP contribution in [0.2, 0.25) is 0 Å². The molecule has 0 radical (unpaired) electrons. The fourth-order valence-corrected chi connectivity index (χ4v) is 1.34. The van der Waals surface area contributed by atoms with E-state index in [1.54, 1.807) is 19.1 Å². The zero-order chi connectivity index (χ0) is 15.1. The molecule has 0 fully saturated rings. The van der Waals surface area contributed by atoms with Crippen LogP contribution in [0, 0.1) is 11.6 Å². The SMILES string of the molecule is C/C=C/C=C/C(=O)Nc1cc(C(=O)OC)c(F)cc1F. The molecule has 1 aromatic carbocycles. The predicted octanol–water partition coefficient (Wildman–Crippen LogP) is 2.82. The minimum Gasteiger partial charge on any atom is -0.465 e. The van der Waals surface area contributed by atoms with Crippen molar-refractivity contribution in [3.05, 3.63) is 53.6 Å². The van der Waals surface area contributed by atoms with Crippen LogP contribution in [0.3, 0.4) is 0 Å². The second kappa shape index (κ2) is 7.18. The van der Waals surface area contributed by atoms with Crippen molar-refractivity contribution in [2.24, 2.45) is 0 Å². The molecule has 0 aliphatic carbocycles. The molecule has 0 aliphatic heterocycles. The Hall–Kier alpha value is -2.50. The van der Waals surface area contributed by atoms with Crippen LogP contribution in [0.1, 0.15) is 17.3 Å². The Morgan fingerprint density at radius 1 is 1.20 bits per heavy atom. The quantitative estimate of drug-likeness (QED) is 0.524. The lowest BCUT2D eigenvalue weighted by Gasteiger charge is -2.07. The van der Waals surface area contributed by atoms with Gasteiger partial charge in [-0.05, 0) is 13.0 Å². The van der Waals surface area contributed by atoms with E-state index in [1.165, 1.54) is 12.2 Å². The van der Waals surface area contributed by atoms with Gasteiger partial charge in [-0.2, -0.15) is 0 Å². The number of carbonyl (C=O) groups excluding carboxylic acids is 2. The topological polar surface area (TPSA) is 55.4 Å². The molecule has 6 heteroatoms. The van der Waals surface area contributed by atoms with Crippen molar-refractivity contribution in [2.75, 3.05) is 12.4 Å². The molecule has 0 spiro atoms. The molecule has 0 heterocycles. The van der Waals surface area contributed by atoms with Crippen LogP contribution in [0.25, 0.3) is 0 Å². The standard InChI is InChI=1S/C14H13F2NO3/c1-3-4-5-6-13(18)17-12-7-9(14(19)20-2)10(15)8-11(12)16/h3-8H,1-2H3,(H,17,18)/b4-3+,6-5+. The molecule has 0 unspecified atom stereocenters. The predicted molar refractivity (Wildman–Crippen MR) is 70.3 cm³/mol. The molecule has 0 aromatic heterocycles. The van der Waals surface area contributed by atoms with Crippen LogP contribution in [0.4, 0.5) is 14.5 Å². The highest BCUT2D eigenvalue weighted by atomic mass is 19.1. The lowest BCUT2D eigenvalue weighted by atomic mass is 10.1. The molecular formula is C14H13F2NO3. The summed E-state index contributed by atoms with van der Waals surface area (Å²) in [6.07, 6.45) is 5.94. The number of hydrogen-bond acceptors (Lipinski definition) is 3. The number of methoxy groups -OCH3 is 1. The summed E-state index contributed by atoms with van der Waals surface area (Å²) in [6, 6.07) is 1.40. The van der Waals surface area contributed by atoms with E-state index >= 15 is 0 Å². The van der Waals surface area contributed by atoms with E-state index in [9.17, 15) is 18.4 Å². The lowest BCUT2D eigenvalue weighted by molar-refractivity contribution is -0.111. The number of benzene rings is 1. The van der Waals surface area contributed by atoms with Crippen molar-refractivity contribution in [3.63, 3.8) is 0 Å². The summed E-state index contributed by atoms with van der Waals surface area (Å²) in [5, 5.41) is 2.21. The van der Waals surface area contributed by atoms with Gasteiger partial charge >= 0.3 is 5.97 Å². The number of rotatable bonds is 4. The van der Waals surface area contributed by atoms with E-state index in [2.05, 4.69) is 10.1 Å². The van der Waals surface area contributed by atoms with Gasteiger partial charge in [0.1, 0.15) is 11.6 Å². The van der Waals surface area contributed by atoms with E-state index in [1.807, 2.05) is 0 Å². The molecule has 1 rings (SSSR count). The Labute approximate surface area is 114 Å². The Balaban J connectivity index is 3.01. The first kappa shape index (κ1) is 15.6. The minimum absolute atomic E-state index is 0.304. The first-order valence-electron chi connectivity index (χ1n) is 5.67. The number of carbonyl (C=O) groups is 2. The van der Waals surface area contributed by atoms with Crippen LogP contribution < -0.4 is 5.32 Å². The summed E-state index contributed by atoms with van der Waals surface area (Å²) in [4.78, 5) is 22.7. The summed E-state index contributed by atoms with van der Waals surface area (Å²) in [5.41, 5.74) is -0.761. The number of esters is 1. The highest BCUT2D eigenvalue weighted by Gasteiger charge is 2.17. The maximum Gasteiger partial charge on any atom is 0.340 e. The number of anilines is 1. The number of nitrogens with one attached hydrogen (secondary N) is 1. The minimum atomic E-state index is -1.06. The zero-order valence-corrected chi connectivity index (χ0v) is 10.9. The third-order valence-electron chi connectivity index (χ3n) is 2.27. The van der Waals surface area contributed by atoms with Gasteiger partial charge in [-0.15, -0.1) is 0 Å². The number of amides is 1. The number of ether oxygens (including phenoxy) is 1. The van der Waals surface area contributed by atoms with Gasteiger partial charge in [-0.25, -0.2) is 13.6 Å². The van der Waals surface area contributed by atoms with Crippen molar-refractivity contribution in [1.29, 1.82) is 0 Å². The van der Waals surface area contributed by atoms with Crippen molar-refractivity contribution in [2.45, 2.75) is 6.92 Å². The lowest BCUT2D eigenvalue weighted by Crippen LogP contribution is -2.12. The van der Waals surface area contributed by atoms with Crippen molar-refractivity contribution >= 4 is 17.6 Å². The van der Waals surface area contributed by atoms with Gasteiger partial charge in [0.05, 0.1) is 18.4 Å². The van der Waals surface area contributed by atoms with Gasteiger partial charge in [-0.1, -0.05) is 18.2 Å². The van der Waals surface area contributed by atoms with Gasteiger partial charge in [0.15, 0.2) is 0 Å². The van der Waals surface area contributed by atoms with E-state index < -0.39 is 29.1 Å². The summed E-state index contributed by atoms with van der Waals surface area (Å²) < 4.78 is 31.2. The fourth-order valence-electron chi connectivity index (χ4n) is 1.34. The van der Waals surface area contributed by atoms with E-state index in [-0.39, 0.29) is 5.69 Å². The van der Waals surface area contributed by atoms with Gasteiger partial charge < -0.3 is 10.1 Å². The third-order valence-corrected chi connectivity index (χ3v) is 2.27. The Kier molecular flexibility index (Phi) is 5.58. The second-order valence-electron chi connectivity index (χ2n) is 3.68. The molecule has 1 N–H and O–H groups in total. The summed E-state index contributed by atoms with van der Waals surface area (Å²) in [7, 11) is 1.07. The van der Waals surface area contributed by atoms with Crippen LogP contribution >= 0.6 is 0 Å². The van der Waals surface area contributed by atoms with Crippen molar-refractivity contribution < 1.29 is 23.1 Å². The Morgan fingerprint density at radius 2 is 1.90 bits per heavy atom. The molecule has 20 heavy (non-hydrogen) atoms. The normalized spacial score (nSPS) is 11.0. The molecule has 1 amide bonds. The van der Waals surface area contributed by atoms with E-state index in [0.29, 0.717) is 6.07 Å². The number of allylic oxidation sites excluding steroid dienone is 3. The Bertz CT molecular complexity index is 580. The van der Waals surface area contributed by atoms with E-state index in [0.717, 1.165) is 13.2 Å². The van der Waals surface area contributed by atoms with Gasteiger partial charge in [0.2, 0.25) is 5.91 Å². The van der Waals surface area contributed by atoms with Crippen molar-refractivity contribution in [1.82, 2.24) is 0 Å². The molecule has 0 aliphatic rings. The monoisotopic (exact) mass is 281 g/mol. The first-order chi connectivity index (χ1) is 9.49. The second-order valence-corrected chi connectivity index (χ2v) is 3.68. The zero-order valence-electron chi connectivity index (χ0n) is 10.9. The molecule has 106 valence electrons. The highest BCUT2D eigenvalue weighted by molar-refractivity contribution is 6.00.